The van der Waals surface area contributed by atoms with Crippen LogP contribution in [-0.4, -0.2) is 44.3 Å². The van der Waals surface area contributed by atoms with Crippen LogP contribution in [0.2, 0.25) is 0 Å². The highest BCUT2D eigenvalue weighted by Gasteiger charge is 2.28. The first-order valence-electron chi connectivity index (χ1n) is 9.95. The third-order valence-electron chi connectivity index (χ3n) is 4.55. The first-order valence-corrected chi connectivity index (χ1v) is 9.95. The van der Waals surface area contributed by atoms with Crippen LogP contribution in [-0.2, 0) is 4.79 Å². The lowest BCUT2D eigenvalue weighted by atomic mass is 10.0. The molecule has 1 N–H and O–H groups in total. The van der Waals surface area contributed by atoms with Crippen molar-refractivity contribution < 1.29 is 38.1 Å². The van der Waals surface area contributed by atoms with Gasteiger partial charge in [0.05, 0.1) is 32.5 Å². The second-order valence-corrected chi connectivity index (χ2v) is 6.73. The molecule has 8 heteroatoms. The van der Waals surface area contributed by atoms with Crippen molar-refractivity contribution in [2.24, 2.45) is 0 Å². The van der Waals surface area contributed by atoms with E-state index in [0.717, 1.165) is 17.7 Å². The summed E-state index contributed by atoms with van der Waals surface area (Å²) in [7, 11) is 2.79. The molecule has 0 aliphatic heterocycles. The number of carbonyl (C=O) groups is 2. The summed E-state index contributed by atoms with van der Waals surface area (Å²) in [6, 6.07) is 8.93. The number of allylic oxidation sites excluding steroid dienone is 1. The molecule has 0 atom stereocenters. The van der Waals surface area contributed by atoms with Crippen molar-refractivity contribution in [2.45, 2.75) is 13.3 Å². The summed E-state index contributed by atoms with van der Waals surface area (Å²) in [6.07, 6.45) is 5.33. The Kier molecular flexibility index (Phi) is 7.38. The SMILES string of the molecule is CCCOc1ccc(/C=C/C(=O)c2c(OCC(=O)O)c(OC)c3occc3c2OC)cc1. The molecular weight excluding hydrogens is 416 g/mol. The number of ether oxygens (including phenoxy) is 4. The molecule has 0 amide bonds. The highest BCUT2D eigenvalue weighted by Crippen LogP contribution is 2.46. The lowest BCUT2D eigenvalue weighted by molar-refractivity contribution is -0.139. The molecule has 168 valence electrons. The van der Waals surface area contributed by atoms with Crippen molar-refractivity contribution in [2.75, 3.05) is 27.4 Å². The number of methoxy groups -OCH3 is 2. The summed E-state index contributed by atoms with van der Waals surface area (Å²) in [5, 5.41) is 9.57. The van der Waals surface area contributed by atoms with Gasteiger partial charge in [-0.1, -0.05) is 25.1 Å². The van der Waals surface area contributed by atoms with E-state index in [1.807, 2.05) is 31.2 Å². The zero-order chi connectivity index (χ0) is 23.1. The van der Waals surface area contributed by atoms with Crippen LogP contribution in [0.1, 0.15) is 29.3 Å². The first kappa shape index (κ1) is 22.7. The molecule has 0 spiro atoms. The second kappa shape index (κ2) is 10.4. The molecule has 3 aromatic rings. The Morgan fingerprint density at radius 3 is 2.34 bits per heavy atom. The normalized spacial score (nSPS) is 11.0. The maximum Gasteiger partial charge on any atom is 0.341 e. The van der Waals surface area contributed by atoms with Gasteiger partial charge in [-0.15, -0.1) is 0 Å². The number of carbonyl (C=O) groups excluding carboxylic acids is 1. The predicted octanol–water partition coefficient (Wildman–Crippen LogP) is 4.60. The van der Waals surface area contributed by atoms with Gasteiger partial charge in [0.1, 0.15) is 17.1 Å². The highest BCUT2D eigenvalue weighted by molar-refractivity contribution is 6.15. The van der Waals surface area contributed by atoms with E-state index in [1.165, 1.54) is 26.6 Å². The van der Waals surface area contributed by atoms with E-state index in [4.69, 9.17) is 28.5 Å². The minimum Gasteiger partial charge on any atom is -0.495 e. The van der Waals surface area contributed by atoms with Crippen molar-refractivity contribution in [3.63, 3.8) is 0 Å². The number of rotatable bonds is 11. The summed E-state index contributed by atoms with van der Waals surface area (Å²) in [5.74, 6) is -0.655. The van der Waals surface area contributed by atoms with Crippen LogP contribution in [0.25, 0.3) is 17.0 Å². The number of aliphatic carboxylic acids is 1. The molecule has 0 aliphatic rings. The number of carboxylic acids is 1. The summed E-state index contributed by atoms with van der Waals surface area (Å²) in [4.78, 5) is 24.3. The van der Waals surface area contributed by atoms with E-state index in [9.17, 15) is 9.59 Å². The molecule has 1 heterocycles. The van der Waals surface area contributed by atoms with Crippen LogP contribution < -0.4 is 18.9 Å². The monoisotopic (exact) mass is 440 g/mol. The Labute approximate surface area is 184 Å². The van der Waals surface area contributed by atoms with Crippen LogP contribution in [0, 0.1) is 0 Å². The smallest absolute Gasteiger partial charge is 0.341 e. The average molecular weight is 440 g/mol. The fourth-order valence-corrected chi connectivity index (χ4v) is 3.16. The average Bonchev–Trinajstić information content (AvgIpc) is 3.28. The molecule has 3 rings (SSSR count). The topological polar surface area (TPSA) is 104 Å². The molecule has 2 aromatic carbocycles. The fourth-order valence-electron chi connectivity index (χ4n) is 3.16. The van der Waals surface area contributed by atoms with E-state index in [2.05, 4.69) is 0 Å². The number of fused-ring (bicyclic) bond motifs is 1. The number of hydrogen-bond donors (Lipinski definition) is 1. The number of benzene rings is 2. The summed E-state index contributed by atoms with van der Waals surface area (Å²) < 4.78 is 27.3. The largest absolute Gasteiger partial charge is 0.495 e. The first-order chi connectivity index (χ1) is 15.5. The molecule has 0 saturated heterocycles. The van der Waals surface area contributed by atoms with Crippen molar-refractivity contribution in [3.05, 3.63) is 53.8 Å². The summed E-state index contributed by atoms with van der Waals surface area (Å²) in [5.41, 5.74) is 1.11. The molecule has 0 radical (unpaired) electrons. The van der Waals surface area contributed by atoms with Gasteiger partial charge in [-0.25, -0.2) is 4.79 Å². The molecule has 0 saturated carbocycles. The molecule has 0 aliphatic carbocycles. The maximum absolute atomic E-state index is 13.2. The Hall–Kier alpha value is -3.94. The number of hydrogen-bond acceptors (Lipinski definition) is 7. The van der Waals surface area contributed by atoms with E-state index < -0.39 is 18.4 Å². The quantitative estimate of drug-likeness (QED) is 0.341. The Morgan fingerprint density at radius 2 is 1.72 bits per heavy atom. The van der Waals surface area contributed by atoms with Crippen LogP contribution in [0.3, 0.4) is 0 Å². The fraction of sp³-hybridized carbons (Fsp3) is 0.250. The third-order valence-corrected chi connectivity index (χ3v) is 4.55. The highest BCUT2D eigenvalue weighted by atomic mass is 16.5. The van der Waals surface area contributed by atoms with Crippen LogP contribution in [0.4, 0.5) is 0 Å². The van der Waals surface area contributed by atoms with Crippen molar-refractivity contribution in [1.82, 2.24) is 0 Å². The van der Waals surface area contributed by atoms with E-state index >= 15 is 0 Å². The molecule has 0 bridgehead atoms. The molecule has 0 unspecified atom stereocenters. The Balaban J connectivity index is 2.01. The maximum atomic E-state index is 13.2. The van der Waals surface area contributed by atoms with E-state index in [-0.39, 0.29) is 28.4 Å². The zero-order valence-corrected chi connectivity index (χ0v) is 18.0. The lowest BCUT2D eigenvalue weighted by Crippen LogP contribution is -2.13. The molecule has 1 aromatic heterocycles. The number of carboxylic acid groups (broad SMARTS) is 1. The third kappa shape index (κ3) is 4.85. The van der Waals surface area contributed by atoms with E-state index in [1.54, 1.807) is 12.1 Å². The van der Waals surface area contributed by atoms with Crippen molar-refractivity contribution >= 4 is 28.8 Å². The zero-order valence-electron chi connectivity index (χ0n) is 18.0. The van der Waals surface area contributed by atoms with Gasteiger partial charge in [-0.3, -0.25) is 4.79 Å². The Bertz CT molecular complexity index is 1130. The van der Waals surface area contributed by atoms with Gasteiger partial charge in [0.2, 0.25) is 5.75 Å². The summed E-state index contributed by atoms with van der Waals surface area (Å²) >= 11 is 0. The van der Waals surface area contributed by atoms with Crippen LogP contribution in [0.5, 0.6) is 23.0 Å². The van der Waals surface area contributed by atoms with Crippen LogP contribution in [0.15, 0.2) is 47.1 Å². The summed E-state index contributed by atoms with van der Waals surface area (Å²) in [6.45, 7) is 1.99. The molecular formula is C24H24O8. The van der Waals surface area contributed by atoms with E-state index in [0.29, 0.717) is 12.0 Å². The lowest BCUT2D eigenvalue weighted by Gasteiger charge is -2.16. The molecule has 8 nitrogen and oxygen atoms in total. The molecule has 32 heavy (non-hydrogen) atoms. The second-order valence-electron chi connectivity index (χ2n) is 6.73. The van der Waals surface area contributed by atoms with Gasteiger partial charge in [0.25, 0.3) is 0 Å². The van der Waals surface area contributed by atoms with Gasteiger partial charge >= 0.3 is 5.97 Å². The van der Waals surface area contributed by atoms with Gasteiger partial charge < -0.3 is 28.5 Å². The minimum absolute atomic E-state index is 0.0404. The number of ketones is 1. The Morgan fingerprint density at radius 1 is 1.00 bits per heavy atom. The van der Waals surface area contributed by atoms with Gasteiger partial charge in [-0.2, -0.15) is 0 Å². The van der Waals surface area contributed by atoms with Crippen molar-refractivity contribution in [1.29, 1.82) is 0 Å². The van der Waals surface area contributed by atoms with Gasteiger partial charge in [0.15, 0.2) is 23.7 Å². The standard InChI is InChI=1S/C24H24O8/c1-4-12-30-16-8-5-15(6-9-16)7-10-18(25)20-21(28-2)17-11-13-31-22(17)24(29-3)23(20)32-14-19(26)27/h5-11,13H,4,12,14H2,1-3H3,(H,26,27)/b10-7+. The minimum atomic E-state index is -1.20. The number of furan rings is 1. The van der Waals surface area contributed by atoms with Gasteiger partial charge in [0, 0.05) is 0 Å². The molecule has 0 fully saturated rings. The van der Waals surface area contributed by atoms with Crippen LogP contribution >= 0.6 is 0 Å². The van der Waals surface area contributed by atoms with Crippen molar-refractivity contribution in [3.8, 4) is 23.0 Å². The van der Waals surface area contributed by atoms with Gasteiger partial charge in [-0.05, 0) is 36.3 Å². The predicted molar refractivity (Wildman–Crippen MR) is 118 cm³/mol.